The first-order valence-corrected chi connectivity index (χ1v) is 10.6. The van der Waals surface area contributed by atoms with Gasteiger partial charge in [0, 0.05) is 0 Å². The standard InChI is InChI=1S/C19H14ClFN2O5S/c20-13-10(21)4-1-5-11(13)22-14-15(18(26)17(14)25)23-12-7-6-9-3-2-8-29(27,28)19(9)16(12)24/h1,4-7,22-24H,2-3,8H2. The van der Waals surface area contributed by atoms with Crippen molar-refractivity contribution >= 4 is 44.2 Å². The van der Waals surface area contributed by atoms with Crippen LogP contribution in [0.15, 0.2) is 44.8 Å². The van der Waals surface area contributed by atoms with Crippen LogP contribution in [0.5, 0.6) is 5.75 Å². The Morgan fingerprint density at radius 3 is 2.34 bits per heavy atom. The lowest BCUT2D eigenvalue weighted by Crippen LogP contribution is -2.36. The number of aryl methyl sites for hydroxylation is 1. The van der Waals surface area contributed by atoms with Crippen molar-refractivity contribution in [2.75, 3.05) is 16.4 Å². The molecule has 0 saturated heterocycles. The number of benzene rings is 2. The molecule has 3 N–H and O–H groups in total. The third-order valence-corrected chi connectivity index (χ3v) is 7.05. The number of halogens is 2. The average molecular weight is 437 g/mol. The molecule has 1 heterocycles. The summed E-state index contributed by atoms with van der Waals surface area (Å²) in [5.41, 5.74) is -1.51. The Hall–Kier alpha value is -2.91. The van der Waals surface area contributed by atoms with Crippen LogP contribution in [0.25, 0.3) is 0 Å². The van der Waals surface area contributed by atoms with E-state index in [1.54, 1.807) is 6.07 Å². The fourth-order valence-electron chi connectivity index (χ4n) is 3.31. The topological polar surface area (TPSA) is 113 Å². The summed E-state index contributed by atoms with van der Waals surface area (Å²) in [6.45, 7) is 0. The molecular weight excluding hydrogens is 423 g/mol. The molecule has 7 nitrogen and oxygen atoms in total. The first-order valence-electron chi connectivity index (χ1n) is 8.59. The molecule has 29 heavy (non-hydrogen) atoms. The number of phenols is 1. The molecule has 0 fully saturated rings. The zero-order valence-corrected chi connectivity index (χ0v) is 16.3. The van der Waals surface area contributed by atoms with E-state index in [2.05, 4.69) is 10.6 Å². The minimum atomic E-state index is -3.65. The highest BCUT2D eigenvalue weighted by Gasteiger charge is 2.30. The highest BCUT2D eigenvalue weighted by Crippen LogP contribution is 2.40. The zero-order valence-electron chi connectivity index (χ0n) is 14.8. The van der Waals surface area contributed by atoms with Gasteiger partial charge in [-0.05, 0) is 36.6 Å². The van der Waals surface area contributed by atoms with Gasteiger partial charge in [-0.15, -0.1) is 0 Å². The molecule has 0 saturated carbocycles. The van der Waals surface area contributed by atoms with Crippen LogP contribution in [0.1, 0.15) is 12.0 Å². The van der Waals surface area contributed by atoms with Crippen molar-refractivity contribution in [1.29, 1.82) is 0 Å². The molecule has 0 amide bonds. The van der Waals surface area contributed by atoms with Gasteiger partial charge in [0.1, 0.15) is 22.1 Å². The second-order valence-electron chi connectivity index (χ2n) is 6.63. The van der Waals surface area contributed by atoms with Gasteiger partial charge in [0.25, 0.3) is 10.9 Å². The molecule has 0 bridgehead atoms. The molecule has 1 aliphatic rings. The molecule has 0 aromatic heterocycles. The van der Waals surface area contributed by atoms with E-state index in [0.29, 0.717) is 18.4 Å². The average Bonchev–Trinajstić information content (AvgIpc) is 2.68. The Balaban J connectivity index is 1.72. The Kier molecular flexibility index (Phi) is 4.59. The molecule has 150 valence electrons. The van der Waals surface area contributed by atoms with E-state index in [0.717, 1.165) is 6.07 Å². The summed E-state index contributed by atoms with van der Waals surface area (Å²) in [6, 6.07) is 6.93. The summed E-state index contributed by atoms with van der Waals surface area (Å²) in [5, 5.41) is 15.5. The van der Waals surface area contributed by atoms with E-state index >= 15 is 0 Å². The van der Waals surface area contributed by atoms with Gasteiger partial charge in [0.05, 0.1) is 22.2 Å². The molecule has 4 rings (SSSR count). The van der Waals surface area contributed by atoms with Crippen molar-refractivity contribution in [3.05, 3.63) is 67.2 Å². The number of rotatable bonds is 4. The van der Waals surface area contributed by atoms with Crippen molar-refractivity contribution in [1.82, 2.24) is 0 Å². The first kappa shape index (κ1) is 19.4. The van der Waals surface area contributed by atoms with E-state index < -0.39 is 32.3 Å². The Morgan fingerprint density at radius 1 is 1.00 bits per heavy atom. The van der Waals surface area contributed by atoms with Gasteiger partial charge >= 0.3 is 0 Å². The van der Waals surface area contributed by atoms with Gasteiger partial charge in [-0.2, -0.15) is 0 Å². The Morgan fingerprint density at radius 2 is 1.66 bits per heavy atom. The predicted molar refractivity (Wildman–Crippen MR) is 108 cm³/mol. The summed E-state index contributed by atoms with van der Waals surface area (Å²) < 4.78 is 38.3. The van der Waals surface area contributed by atoms with Gasteiger partial charge in [-0.25, -0.2) is 12.8 Å². The maximum absolute atomic E-state index is 13.6. The third kappa shape index (κ3) is 3.16. The summed E-state index contributed by atoms with van der Waals surface area (Å²) in [4.78, 5) is 23.8. The first-order chi connectivity index (χ1) is 13.7. The maximum atomic E-state index is 13.6. The smallest absolute Gasteiger partial charge is 0.253 e. The molecule has 0 atom stereocenters. The van der Waals surface area contributed by atoms with Gasteiger partial charge in [0.15, 0.2) is 15.6 Å². The normalized spacial score (nSPS) is 15.1. The SMILES string of the molecule is O=c1c(Nc2ccc3c(c2O)S(=O)(=O)CCC3)c(Nc2cccc(F)c2Cl)c1=O. The predicted octanol–water partition coefficient (Wildman–Crippen LogP) is 2.99. The third-order valence-electron chi connectivity index (χ3n) is 4.76. The van der Waals surface area contributed by atoms with Crippen molar-refractivity contribution in [2.24, 2.45) is 0 Å². The lowest BCUT2D eigenvalue weighted by molar-refractivity contribution is 0.457. The van der Waals surface area contributed by atoms with Crippen LogP contribution in [0, 0.1) is 5.82 Å². The quantitative estimate of drug-likeness (QED) is 0.425. The van der Waals surface area contributed by atoms with Crippen LogP contribution in [0.3, 0.4) is 0 Å². The highest BCUT2D eigenvalue weighted by atomic mass is 35.5. The lowest BCUT2D eigenvalue weighted by atomic mass is 10.1. The molecule has 10 heteroatoms. The van der Waals surface area contributed by atoms with Crippen molar-refractivity contribution in [3.8, 4) is 5.75 Å². The van der Waals surface area contributed by atoms with Crippen LogP contribution in [0.4, 0.5) is 27.1 Å². The van der Waals surface area contributed by atoms with Crippen LogP contribution >= 0.6 is 11.6 Å². The molecule has 0 aliphatic carbocycles. The fourth-order valence-corrected chi connectivity index (χ4v) is 5.19. The van der Waals surface area contributed by atoms with Crippen LogP contribution in [-0.4, -0.2) is 19.3 Å². The van der Waals surface area contributed by atoms with Gasteiger partial charge in [-0.1, -0.05) is 23.7 Å². The van der Waals surface area contributed by atoms with Gasteiger partial charge < -0.3 is 15.7 Å². The second kappa shape index (κ2) is 6.85. The Labute approximate surface area is 169 Å². The number of aromatic hydroxyl groups is 1. The summed E-state index contributed by atoms with van der Waals surface area (Å²) in [7, 11) is -3.65. The largest absolute Gasteiger partial charge is 0.504 e. The highest BCUT2D eigenvalue weighted by molar-refractivity contribution is 7.91. The maximum Gasteiger partial charge on any atom is 0.253 e. The monoisotopic (exact) mass is 436 g/mol. The van der Waals surface area contributed by atoms with E-state index in [-0.39, 0.29) is 38.4 Å². The number of phenolic OH excluding ortho intramolecular Hbond substituents is 1. The minimum absolute atomic E-state index is 0.0327. The molecule has 0 radical (unpaired) electrons. The molecule has 0 spiro atoms. The van der Waals surface area contributed by atoms with Crippen LogP contribution in [-0.2, 0) is 16.3 Å². The van der Waals surface area contributed by atoms with Gasteiger partial charge in [0.2, 0.25) is 0 Å². The molecule has 3 aromatic carbocycles. The molecule has 0 unspecified atom stereocenters. The number of fused-ring (bicyclic) bond motifs is 1. The molecule has 1 aliphatic heterocycles. The van der Waals surface area contributed by atoms with E-state index in [4.69, 9.17) is 11.6 Å². The summed E-state index contributed by atoms with van der Waals surface area (Å²) in [5.74, 6) is -1.30. The van der Waals surface area contributed by atoms with Crippen molar-refractivity contribution < 1.29 is 17.9 Å². The number of sulfone groups is 1. The summed E-state index contributed by atoms with van der Waals surface area (Å²) in [6.07, 6.45) is 0.968. The number of anilines is 4. The lowest BCUT2D eigenvalue weighted by Gasteiger charge is -2.21. The van der Waals surface area contributed by atoms with E-state index in [1.807, 2.05) is 0 Å². The number of hydrogen-bond acceptors (Lipinski definition) is 7. The zero-order chi connectivity index (χ0) is 20.9. The van der Waals surface area contributed by atoms with E-state index in [9.17, 15) is 27.5 Å². The number of nitrogens with one attached hydrogen (secondary N) is 2. The summed E-state index contributed by atoms with van der Waals surface area (Å²) >= 11 is 5.86. The minimum Gasteiger partial charge on any atom is -0.504 e. The van der Waals surface area contributed by atoms with E-state index in [1.165, 1.54) is 18.2 Å². The Bertz CT molecular complexity index is 1330. The van der Waals surface area contributed by atoms with Crippen molar-refractivity contribution in [3.63, 3.8) is 0 Å². The van der Waals surface area contributed by atoms with Crippen LogP contribution in [0.2, 0.25) is 5.02 Å². The molecule has 3 aromatic rings. The fraction of sp³-hybridized carbons (Fsp3) is 0.158. The van der Waals surface area contributed by atoms with Gasteiger partial charge in [-0.3, -0.25) is 9.59 Å². The second-order valence-corrected chi connectivity index (χ2v) is 9.06. The number of hydrogen-bond donors (Lipinski definition) is 3. The molecular formula is C19H14ClFN2O5S. The van der Waals surface area contributed by atoms with Crippen molar-refractivity contribution in [2.45, 2.75) is 17.7 Å². The van der Waals surface area contributed by atoms with Crippen LogP contribution < -0.4 is 21.5 Å².